The van der Waals surface area contributed by atoms with E-state index in [-0.39, 0.29) is 17.2 Å². The van der Waals surface area contributed by atoms with E-state index in [9.17, 15) is 10.1 Å². The molecule has 114 valence electrons. The van der Waals surface area contributed by atoms with Crippen LogP contribution in [0.4, 0.5) is 5.82 Å². The summed E-state index contributed by atoms with van der Waals surface area (Å²) < 4.78 is 3.14. The molecule has 7 nitrogen and oxygen atoms in total. The van der Waals surface area contributed by atoms with Crippen LogP contribution in [0.3, 0.4) is 0 Å². The third-order valence-electron chi connectivity index (χ3n) is 3.47. The second-order valence-corrected chi connectivity index (χ2v) is 5.01. The molecule has 1 aromatic carbocycles. The highest BCUT2D eigenvalue weighted by Gasteiger charge is 2.18. The molecule has 23 heavy (non-hydrogen) atoms. The van der Waals surface area contributed by atoms with Gasteiger partial charge in [-0.05, 0) is 25.1 Å². The molecule has 3 rings (SSSR count). The number of aryl methyl sites for hydroxylation is 2. The van der Waals surface area contributed by atoms with Crippen LogP contribution in [0.5, 0.6) is 0 Å². The molecule has 7 heteroatoms. The van der Waals surface area contributed by atoms with E-state index in [1.54, 1.807) is 17.8 Å². The summed E-state index contributed by atoms with van der Waals surface area (Å²) in [6.45, 7) is 1.86. The number of carbonyl (C=O) groups excluding carboxylic acids is 1. The van der Waals surface area contributed by atoms with E-state index in [2.05, 4.69) is 15.5 Å². The van der Waals surface area contributed by atoms with Crippen molar-refractivity contribution < 1.29 is 4.79 Å². The Labute approximate surface area is 132 Å². The Morgan fingerprint density at radius 2 is 2.04 bits per heavy atom. The normalized spacial score (nSPS) is 10.3. The Bertz CT molecular complexity index is 881. The van der Waals surface area contributed by atoms with Crippen LogP contribution >= 0.6 is 0 Å². The van der Waals surface area contributed by atoms with E-state index in [1.807, 2.05) is 43.3 Å². The van der Waals surface area contributed by atoms with Gasteiger partial charge in [0.25, 0.3) is 5.91 Å². The van der Waals surface area contributed by atoms with Crippen molar-refractivity contribution in [3.05, 3.63) is 59.5 Å². The molecule has 0 atom stereocenters. The molecular weight excluding hydrogens is 292 g/mol. The van der Waals surface area contributed by atoms with Gasteiger partial charge in [0.05, 0.1) is 11.9 Å². The second kappa shape index (κ2) is 5.77. The minimum atomic E-state index is -0.386. The number of nitrogens with zero attached hydrogens (tertiary/aromatic N) is 5. The van der Waals surface area contributed by atoms with Gasteiger partial charge in [0.1, 0.15) is 11.6 Å². The first-order valence-corrected chi connectivity index (χ1v) is 6.95. The molecule has 2 heterocycles. The number of nitrogens with one attached hydrogen (secondary N) is 1. The van der Waals surface area contributed by atoms with Crippen LogP contribution in [0.25, 0.3) is 5.69 Å². The summed E-state index contributed by atoms with van der Waals surface area (Å²) in [4.78, 5) is 12.4. The van der Waals surface area contributed by atoms with Gasteiger partial charge in [0.2, 0.25) is 0 Å². The molecule has 0 radical (unpaired) electrons. The highest BCUT2D eigenvalue weighted by molar-refractivity contribution is 6.03. The molecule has 0 bridgehead atoms. The maximum Gasteiger partial charge on any atom is 0.277 e. The van der Waals surface area contributed by atoms with Crippen molar-refractivity contribution in [3.8, 4) is 11.8 Å². The molecule has 0 aliphatic rings. The Morgan fingerprint density at radius 3 is 2.65 bits per heavy atom. The lowest BCUT2D eigenvalue weighted by molar-refractivity contribution is 0.102. The number of carbonyl (C=O) groups is 1. The molecule has 0 fully saturated rings. The molecule has 1 N–H and O–H groups in total. The van der Waals surface area contributed by atoms with Gasteiger partial charge < -0.3 is 5.32 Å². The Balaban J connectivity index is 1.98. The Kier molecular flexibility index (Phi) is 3.65. The number of amides is 1. The first-order valence-electron chi connectivity index (χ1n) is 6.95. The van der Waals surface area contributed by atoms with E-state index < -0.39 is 0 Å². The van der Waals surface area contributed by atoms with Crippen LogP contribution in [0, 0.1) is 18.3 Å². The van der Waals surface area contributed by atoms with Gasteiger partial charge >= 0.3 is 0 Å². The first kappa shape index (κ1) is 14.5. The average molecular weight is 306 g/mol. The average Bonchev–Trinajstić information content (AvgIpc) is 3.12. The highest BCUT2D eigenvalue weighted by atomic mass is 16.2. The summed E-state index contributed by atoms with van der Waals surface area (Å²) in [6, 6.07) is 13.0. The van der Waals surface area contributed by atoms with Crippen LogP contribution in [0.1, 0.15) is 21.7 Å². The minimum absolute atomic E-state index is 0.287. The predicted octanol–water partition coefficient (Wildman–Crippen LogP) is 2.04. The van der Waals surface area contributed by atoms with E-state index in [0.29, 0.717) is 5.82 Å². The fourth-order valence-corrected chi connectivity index (χ4v) is 2.16. The number of hydrogen-bond donors (Lipinski definition) is 1. The van der Waals surface area contributed by atoms with Gasteiger partial charge in [-0.15, -0.1) is 0 Å². The molecule has 0 spiro atoms. The van der Waals surface area contributed by atoms with Gasteiger partial charge in [-0.2, -0.15) is 15.5 Å². The van der Waals surface area contributed by atoms with Gasteiger partial charge in [-0.1, -0.05) is 18.2 Å². The van der Waals surface area contributed by atoms with Crippen molar-refractivity contribution in [2.75, 3.05) is 5.32 Å². The summed E-state index contributed by atoms with van der Waals surface area (Å²) in [5, 5.41) is 20.3. The maximum absolute atomic E-state index is 12.4. The van der Waals surface area contributed by atoms with Crippen molar-refractivity contribution in [2.24, 2.45) is 7.05 Å². The van der Waals surface area contributed by atoms with Crippen LogP contribution in [0.15, 0.2) is 42.6 Å². The summed E-state index contributed by atoms with van der Waals surface area (Å²) in [5.74, 6) is -0.0603. The van der Waals surface area contributed by atoms with Crippen LogP contribution < -0.4 is 5.32 Å². The fraction of sp³-hybridized carbons (Fsp3) is 0.125. The lowest BCUT2D eigenvalue weighted by atomic mass is 10.3. The van der Waals surface area contributed by atoms with Gasteiger partial charge in [0.15, 0.2) is 11.5 Å². The van der Waals surface area contributed by atoms with Crippen molar-refractivity contribution in [3.63, 3.8) is 0 Å². The maximum atomic E-state index is 12.4. The van der Waals surface area contributed by atoms with Crippen molar-refractivity contribution in [2.45, 2.75) is 6.92 Å². The number of benzene rings is 1. The molecule has 0 saturated carbocycles. The Hall–Kier alpha value is -3.40. The Morgan fingerprint density at radius 1 is 1.30 bits per heavy atom. The molecule has 0 aliphatic carbocycles. The van der Waals surface area contributed by atoms with E-state index >= 15 is 0 Å². The van der Waals surface area contributed by atoms with Crippen LogP contribution in [0.2, 0.25) is 0 Å². The number of aromatic nitrogens is 4. The van der Waals surface area contributed by atoms with Gasteiger partial charge in [0, 0.05) is 12.7 Å². The lowest BCUT2D eigenvalue weighted by Crippen LogP contribution is -2.16. The summed E-state index contributed by atoms with van der Waals surface area (Å²) in [5.41, 5.74) is 2.19. The monoisotopic (exact) mass is 306 g/mol. The third-order valence-corrected chi connectivity index (χ3v) is 3.47. The number of rotatable bonds is 3. The number of nitriles is 1. The summed E-state index contributed by atoms with van der Waals surface area (Å²) in [7, 11) is 1.76. The highest BCUT2D eigenvalue weighted by Crippen LogP contribution is 2.20. The smallest absolute Gasteiger partial charge is 0.277 e. The van der Waals surface area contributed by atoms with Crippen LogP contribution in [-0.2, 0) is 7.05 Å². The number of para-hydroxylation sites is 1. The molecule has 0 saturated heterocycles. The SMILES string of the molecule is Cc1cc(C(=O)Nc2c(C#N)cnn2-c2ccccc2)nn1C. The quantitative estimate of drug-likeness (QED) is 0.802. The van der Waals surface area contributed by atoms with Crippen molar-refractivity contribution in [1.29, 1.82) is 5.26 Å². The van der Waals surface area contributed by atoms with Crippen molar-refractivity contribution in [1.82, 2.24) is 19.6 Å². The molecular formula is C16H14N6O. The van der Waals surface area contributed by atoms with E-state index in [4.69, 9.17) is 0 Å². The fourth-order valence-electron chi connectivity index (χ4n) is 2.16. The molecule has 3 aromatic rings. The summed E-state index contributed by atoms with van der Waals surface area (Å²) >= 11 is 0. The zero-order chi connectivity index (χ0) is 16.4. The number of hydrogen-bond acceptors (Lipinski definition) is 4. The minimum Gasteiger partial charge on any atom is -0.304 e. The molecule has 2 aromatic heterocycles. The molecule has 0 unspecified atom stereocenters. The lowest BCUT2D eigenvalue weighted by Gasteiger charge is -2.08. The van der Waals surface area contributed by atoms with Crippen LogP contribution in [-0.4, -0.2) is 25.5 Å². The third kappa shape index (κ3) is 2.70. The zero-order valence-corrected chi connectivity index (χ0v) is 12.7. The summed E-state index contributed by atoms with van der Waals surface area (Å²) in [6.07, 6.45) is 1.42. The van der Waals surface area contributed by atoms with E-state index in [0.717, 1.165) is 11.4 Å². The van der Waals surface area contributed by atoms with Gasteiger partial charge in [-0.25, -0.2) is 4.68 Å². The van der Waals surface area contributed by atoms with Crippen molar-refractivity contribution >= 4 is 11.7 Å². The predicted molar refractivity (Wildman–Crippen MR) is 84.2 cm³/mol. The van der Waals surface area contributed by atoms with E-state index in [1.165, 1.54) is 10.9 Å². The largest absolute Gasteiger partial charge is 0.304 e. The number of anilines is 1. The van der Waals surface area contributed by atoms with Gasteiger partial charge in [-0.3, -0.25) is 9.48 Å². The first-order chi connectivity index (χ1) is 11.1. The zero-order valence-electron chi connectivity index (χ0n) is 12.7. The molecule has 0 aliphatic heterocycles. The second-order valence-electron chi connectivity index (χ2n) is 5.01. The standard InChI is InChI=1S/C16H14N6O/c1-11-8-14(20-21(11)2)16(23)19-15-12(9-17)10-18-22(15)13-6-4-3-5-7-13/h3-8,10H,1-2H3,(H,19,23). The topological polar surface area (TPSA) is 88.5 Å². The molecule has 1 amide bonds.